The molecule has 0 saturated carbocycles. The molecular formula is C11H12N4O4S. The van der Waals surface area contributed by atoms with Crippen molar-refractivity contribution < 1.29 is 14.4 Å². The van der Waals surface area contributed by atoms with Crippen LogP contribution in [-0.4, -0.2) is 17.0 Å². The van der Waals surface area contributed by atoms with Crippen molar-refractivity contribution in [3.63, 3.8) is 0 Å². The van der Waals surface area contributed by atoms with Gasteiger partial charge in [0.2, 0.25) is 0 Å². The number of methoxy groups -OCH3 is 1. The summed E-state index contributed by atoms with van der Waals surface area (Å²) in [4.78, 5) is 15.1. The lowest BCUT2D eigenvalue weighted by Crippen LogP contribution is -2.05. The van der Waals surface area contributed by atoms with Gasteiger partial charge >= 0.3 is 0 Å². The Hall–Kier alpha value is -2.39. The lowest BCUT2D eigenvalue weighted by Gasteiger charge is -2.09. The van der Waals surface area contributed by atoms with Crippen LogP contribution in [0, 0.1) is 10.1 Å². The summed E-state index contributed by atoms with van der Waals surface area (Å²) in [6.07, 6.45) is 1.61. The third-order valence-electron chi connectivity index (χ3n) is 2.40. The van der Waals surface area contributed by atoms with Gasteiger partial charge in [0.15, 0.2) is 16.6 Å². The highest BCUT2D eigenvalue weighted by atomic mass is 32.1. The van der Waals surface area contributed by atoms with Crippen LogP contribution >= 0.6 is 11.3 Å². The molecule has 1 aromatic carbocycles. The van der Waals surface area contributed by atoms with Crippen LogP contribution in [0.5, 0.6) is 11.5 Å². The number of nitrogens with one attached hydrogen (secondary N) is 1. The zero-order valence-corrected chi connectivity index (χ0v) is 11.3. The largest absolute Gasteiger partial charge is 0.493 e. The van der Waals surface area contributed by atoms with Crippen LogP contribution in [0.4, 0.5) is 10.8 Å². The third-order valence-corrected chi connectivity index (χ3v) is 3.31. The second kappa shape index (κ2) is 6.17. The summed E-state index contributed by atoms with van der Waals surface area (Å²) < 4.78 is 10.6. The molecule has 0 aliphatic heterocycles. The van der Waals surface area contributed by atoms with Crippen LogP contribution in [0.3, 0.4) is 0 Å². The molecule has 20 heavy (non-hydrogen) atoms. The number of hydrazine groups is 1. The number of rotatable bonds is 6. The van der Waals surface area contributed by atoms with E-state index in [-0.39, 0.29) is 12.3 Å². The van der Waals surface area contributed by atoms with E-state index in [0.717, 1.165) is 4.88 Å². The minimum atomic E-state index is -0.491. The number of nitrogens with zero attached hydrogens (tertiary/aromatic N) is 2. The lowest BCUT2D eigenvalue weighted by molar-refractivity contribution is -0.385. The molecule has 0 bridgehead atoms. The Morgan fingerprint density at radius 3 is 2.90 bits per heavy atom. The van der Waals surface area contributed by atoms with Crippen LogP contribution in [0.2, 0.25) is 0 Å². The van der Waals surface area contributed by atoms with Crippen molar-refractivity contribution in [2.45, 2.75) is 6.61 Å². The van der Waals surface area contributed by atoms with E-state index in [1.807, 2.05) is 0 Å². The zero-order valence-electron chi connectivity index (χ0n) is 10.5. The highest BCUT2D eigenvalue weighted by Crippen LogP contribution is 2.32. The van der Waals surface area contributed by atoms with Gasteiger partial charge in [0, 0.05) is 12.3 Å². The number of ether oxygens (including phenoxy) is 2. The number of nitrogen functional groups attached to an aromatic ring is 1. The summed E-state index contributed by atoms with van der Waals surface area (Å²) in [6.45, 7) is 0.219. The number of hydrogen-bond donors (Lipinski definition) is 2. The van der Waals surface area contributed by atoms with Gasteiger partial charge in [0.25, 0.3) is 5.69 Å². The Balaban J connectivity index is 2.14. The highest BCUT2D eigenvalue weighted by molar-refractivity contribution is 7.15. The Kier molecular flexibility index (Phi) is 4.33. The number of nitro groups is 1. The smallest absolute Gasteiger partial charge is 0.273 e. The van der Waals surface area contributed by atoms with E-state index in [1.54, 1.807) is 6.20 Å². The van der Waals surface area contributed by atoms with Gasteiger partial charge in [-0.25, -0.2) is 10.8 Å². The first kappa shape index (κ1) is 14.0. The fourth-order valence-electron chi connectivity index (χ4n) is 1.48. The van der Waals surface area contributed by atoms with Crippen molar-refractivity contribution in [3.05, 3.63) is 39.4 Å². The van der Waals surface area contributed by atoms with Crippen LogP contribution in [-0.2, 0) is 6.61 Å². The predicted molar refractivity (Wildman–Crippen MR) is 73.9 cm³/mol. The molecule has 2 rings (SSSR count). The van der Waals surface area contributed by atoms with E-state index < -0.39 is 4.92 Å². The predicted octanol–water partition coefficient (Wildman–Crippen LogP) is 1.92. The minimum Gasteiger partial charge on any atom is -0.493 e. The molecule has 0 atom stereocenters. The van der Waals surface area contributed by atoms with E-state index in [2.05, 4.69) is 10.4 Å². The number of nitrogens with two attached hydrogens (primary N) is 1. The summed E-state index contributed by atoms with van der Waals surface area (Å²) in [5.41, 5.74) is 2.37. The fourth-order valence-corrected chi connectivity index (χ4v) is 2.12. The van der Waals surface area contributed by atoms with Crippen LogP contribution < -0.4 is 20.7 Å². The molecule has 0 fully saturated rings. The van der Waals surface area contributed by atoms with Gasteiger partial charge in [-0.1, -0.05) is 11.3 Å². The zero-order chi connectivity index (χ0) is 14.5. The van der Waals surface area contributed by atoms with Crippen molar-refractivity contribution in [3.8, 4) is 11.5 Å². The summed E-state index contributed by atoms with van der Waals surface area (Å²) in [5.74, 6) is 5.96. The maximum Gasteiger partial charge on any atom is 0.273 e. The normalized spacial score (nSPS) is 10.1. The lowest BCUT2D eigenvalue weighted by atomic mass is 10.3. The standard InChI is InChI=1S/C11H12N4O4S/c1-18-9-3-2-7(15(16)17)4-10(9)19-6-8-5-13-11(14-12)20-8/h2-5H,6,12H2,1H3,(H,13,14). The molecule has 1 aromatic heterocycles. The summed E-state index contributed by atoms with van der Waals surface area (Å²) in [7, 11) is 1.47. The molecule has 0 aliphatic carbocycles. The first-order chi connectivity index (χ1) is 9.63. The average molecular weight is 296 g/mol. The number of hydrogen-bond acceptors (Lipinski definition) is 8. The highest BCUT2D eigenvalue weighted by Gasteiger charge is 2.13. The van der Waals surface area contributed by atoms with Gasteiger partial charge in [0.05, 0.1) is 23.0 Å². The number of nitro benzene ring substituents is 1. The molecule has 3 N–H and O–H groups in total. The van der Waals surface area contributed by atoms with Crippen LogP contribution in [0.25, 0.3) is 0 Å². The average Bonchev–Trinajstić information content (AvgIpc) is 2.92. The third kappa shape index (κ3) is 3.13. The molecule has 2 aromatic rings. The Morgan fingerprint density at radius 2 is 2.30 bits per heavy atom. The number of aromatic nitrogens is 1. The van der Waals surface area contributed by atoms with Gasteiger partial charge in [-0.05, 0) is 6.07 Å². The molecule has 0 unspecified atom stereocenters. The summed E-state index contributed by atoms with van der Waals surface area (Å²) in [6, 6.07) is 4.17. The monoisotopic (exact) mass is 296 g/mol. The van der Waals surface area contributed by atoms with Gasteiger partial charge in [-0.3, -0.25) is 15.5 Å². The molecule has 0 amide bonds. The molecule has 0 aliphatic rings. The first-order valence-corrected chi connectivity index (χ1v) is 6.32. The SMILES string of the molecule is COc1ccc([N+](=O)[O-])cc1OCc1cnc(NN)s1. The van der Waals surface area contributed by atoms with E-state index in [4.69, 9.17) is 15.3 Å². The molecule has 0 spiro atoms. The van der Waals surface area contributed by atoms with Gasteiger partial charge in [-0.2, -0.15) is 0 Å². The van der Waals surface area contributed by atoms with Crippen molar-refractivity contribution in [1.82, 2.24) is 4.98 Å². The van der Waals surface area contributed by atoms with Crippen molar-refractivity contribution in [2.75, 3.05) is 12.5 Å². The fraction of sp³-hybridized carbons (Fsp3) is 0.182. The van der Waals surface area contributed by atoms with Crippen molar-refractivity contribution in [2.24, 2.45) is 5.84 Å². The molecule has 1 heterocycles. The Labute approximate surface area is 118 Å². The number of benzene rings is 1. The van der Waals surface area contributed by atoms with Crippen LogP contribution in [0.1, 0.15) is 4.88 Å². The Bertz CT molecular complexity index is 616. The van der Waals surface area contributed by atoms with E-state index in [9.17, 15) is 10.1 Å². The molecule has 0 radical (unpaired) electrons. The van der Waals surface area contributed by atoms with E-state index in [0.29, 0.717) is 16.6 Å². The molecule has 0 saturated heterocycles. The second-order valence-electron chi connectivity index (χ2n) is 3.66. The second-order valence-corrected chi connectivity index (χ2v) is 4.77. The molecule has 8 nitrogen and oxygen atoms in total. The van der Waals surface area contributed by atoms with Crippen LogP contribution in [0.15, 0.2) is 24.4 Å². The molecule has 9 heteroatoms. The van der Waals surface area contributed by atoms with Crippen molar-refractivity contribution in [1.29, 1.82) is 0 Å². The summed E-state index contributed by atoms with van der Waals surface area (Å²) in [5, 5.41) is 11.3. The van der Waals surface area contributed by atoms with Gasteiger partial charge in [0.1, 0.15) is 6.61 Å². The molecular weight excluding hydrogens is 284 g/mol. The topological polar surface area (TPSA) is 113 Å². The maximum absolute atomic E-state index is 10.7. The number of anilines is 1. The quantitative estimate of drug-likeness (QED) is 0.475. The summed E-state index contributed by atoms with van der Waals surface area (Å²) >= 11 is 1.33. The van der Waals surface area contributed by atoms with E-state index in [1.165, 1.54) is 36.6 Å². The first-order valence-electron chi connectivity index (χ1n) is 5.50. The van der Waals surface area contributed by atoms with Gasteiger partial charge in [-0.15, -0.1) is 0 Å². The Morgan fingerprint density at radius 1 is 1.50 bits per heavy atom. The number of thiazole rings is 1. The van der Waals surface area contributed by atoms with Gasteiger partial charge < -0.3 is 9.47 Å². The minimum absolute atomic E-state index is 0.0607. The van der Waals surface area contributed by atoms with E-state index >= 15 is 0 Å². The van der Waals surface area contributed by atoms with Crippen molar-refractivity contribution >= 4 is 22.2 Å². The molecule has 106 valence electrons. The maximum atomic E-state index is 10.7. The number of non-ortho nitro benzene ring substituents is 1.